The Hall–Kier alpha value is -2.00. The minimum atomic E-state index is -4.67. The summed E-state index contributed by atoms with van der Waals surface area (Å²) in [6.07, 6.45) is -4.57. The maximum Gasteiger partial charge on any atom is 0.422 e. The summed E-state index contributed by atoms with van der Waals surface area (Å²) in [4.78, 5) is -0.602. The lowest BCUT2D eigenvalue weighted by Crippen LogP contribution is -2.19. The topological polar surface area (TPSA) is 89.6 Å². The second kappa shape index (κ2) is 5.08. The van der Waals surface area contributed by atoms with Crippen LogP contribution in [0.15, 0.2) is 35.2 Å². The van der Waals surface area contributed by atoms with Gasteiger partial charge in [0.05, 0.1) is 0 Å². The fraction of sp³-hybridized carbons (Fsp3) is 0.167. The van der Waals surface area contributed by atoms with Crippen LogP contribution in [0.5, 0.6) is 5.75 Å². The highest BCUT2D eigenvalue weighted by molar-refractivity contribution is 7.86. The van der Waals surface area contributed by atoms with Gasteiger partial charge >= 0.3 is 6.18 Å². The average Bonchev–Trinajstić information content (AvgIpc) is 2.33. The predicted molar refractivity (Wildman–Crippen MR) is 69.7 cm³/mol. The molecule has 0 saturated heterocycles. The van der Waals surface area contributed by atoms with Gasteiger partial charge in [0.15, 0.2) is 6.61 Å². The molecule has 0 heterocycles. The van der Waals surface area contributed by atoms with Crippen LogP contribution >= 0.6 is 0 Å². The molecule has 0 bridgehead atoms. The minimum absolute atomic E-state index is 0.0272. The van der Waals surface area contributed by atoms with E-state index in [2.05, 4.69) is 4.74 Å². The van der Waals surface area contributed by atoms with Gasteiger partial charge in [-0.2, -0.15) is 21.6 Å². The average molecular weight is 321 g/mol. The van der Waals surface area contributed by atoms with Crippen LogP contribution < -0.4 is 10.5 Å². The van der Waals surface area contributed by atoms with Crippen molar-refractivity contribution < 1.29 is 30.9 Å². The van der Waals surface area contributed by atoms with Crippen molar-refractivity contribution in [2.45, 2.75) is 11.1 Å². The number of nitrogens with two attached hydrogens (primary N) is 1. The van der Waals surface area contributed by atoms with Crippen molar-refractivity contribution in [2.75, 3.05) is 12.3 Å². The number of alkyl halides is 3. The number of anilines is 1. The molecular weight excluding hydrogens is 311 g/mol. The molecule has 0 aliphatic heterocycles. The molecule has 0 spiro atoms. The van der Waals surface area contributed by atoms with E-state index in [1.54, 1.807) is 0 Å². The number of hydrogen-bond acceptors (Lipinski definition) is 4. The highest BCUT2D eigenvalue weighted by Crippen LogP contribution is 2.33. The summed E-state index contributed by atoms with van der Waals surface area (Å²) in [5.74, 6) is -0.335. The van der Waals surface area contributed by atoms with Gasteiger partial charge in [0.2, 0.25) is 0 Å². The Morgan fingerprint density at radius 1 is 1.24 bits per heavy atom. The third-order valence-corrected chi connectivity index (χ3v) is 3.50. The van der Waals surface area contributed by atoms with Crippen LogP contribution in [0.2, 0.25) is 0 Å². The summed E-state index contributed by atoms with van der Waals surface area (Å²) in [6.45, 7) is -1.58. The lowest BCUT2D eigenvalue weighted by atomic mass is 10.1. The standard InChI is InChI=1S/C12H10F3NO4S/c13-12(14,15)6-20-8-4-7-2-1-3-9(16)11(7)10(5-8)21(17,18)19/h1-5H,6,16H2,(H,17,18,19). The highest BCUT2D eigenvalue weighted by atomic mass is 32.2. The van der Waals surface area contributed by atoms with Crippen LogP contribution in [0.25, 0.3) is 10.8 Å². The molecule has 0 unspecified atom stereocenters. The van der Waals surface area contributed by atoms with E-state index < -0.39 is 27.8 Å². The van der Waals surface area contributed by atoms with Crippen molar-refractivity contribution in [3.63, 3.8) is 0 Å². The molecule has 0 aliphatic rings. The summed E-state index contributed by atoms with van der Waals surface area (Å²) >= 11 is 0. The van der Waals surface area contributed by atoms with E-state index in [-0.39, 0.29) is 22.2 Å². The van der Waals surface area contributed by atoms with Crippen molar-refractivity contribution in [3.8, 4) is 5.75 Å². The Morgan fingerprint density at radius 2 is 1.90 bits per heavy atom. The highest BCUT2D eigenvalue weighted by Gasteiger charge is 2.29. The molecule has 0 amide bonds. The summed E-state index contributed by atoms with van der Waals surface area (Å²) in [5.41, 5.74) is 5.72. The molecule has 0 aromatic heterocycles. The number of benzene rings is 2. The van der Waals surface area contributed by atoms with E-state index in [0.29, 0.717) is 0 Å². The maximum absolute atomic E-state index is 12.1. The van der Waals surface area contributed by atoms with Crippen LogP contribution in [0.3, 0.4) is 0 Å². The quantitative estimate of drug-likeness (QED) is 0.670. The van der Waals surface area contributed by atoms with E-state index in [4.69, 9.17) is 5.73 Å². The first kappa shape index (κ1) is 15.4. The molecule has 21 heavy (non-hydrogen) atoms. The first-order valence-corrected chi connectivity index (χ1v) is 7.01. The Morgan fingerprint density at radius 3 is 2.48 bits per heavy atom. The van der Waals surface area contributed by atoms with Gasteiger partial charge in [-0.05, 0) is 17.5 Å². The van der Waals surface area contributed by atoms with Crippen LogP contribution in [0.4, 0.5) is 18.9 Å². The van der Waals surface area contributed by atoms with Gasteiger partial charge in [-0.1, -0.05) is 12.1 Å². The van der Waals surface area contributed by atoms with E-state index in [1.807, 2.05) is 0 Å². The monoisotopic (exact) mass is 321 g/mol. The molecule has 114 valence electrons. The second-order valence-corrected chi connectivity index (χ2v) is 5.64. The predicted octanol–water partition coefficient (Wildman–Crippen LogP) is 2.61. The smallest absolute Gasteiger partial charge is 0.422 e. The zero-order valence-corrected chi connectivity index (χ0v) is 11.2. The molecule has 5 nitrogen and oxygen atoms in total. The van der Waals surface area contributed by atoms with Crippen LogP contribution in [-0.2, 0) is 10.1 Å². The van der Waals surface area contributed by atoms with Gasteiger partial charge < -0.3 is 10.5 Å². The SMILES string of the molecule is Nc1cccc2cc(OCC(F)(F)F)cc(S(=O)(=O)O)c12. The number of fused-ring (bicyclic) bond motifs is 1. The van der Waals surface area contributed by atoms with E-state index in [9.17, 15) is 26.1 Å². The third-order valence-electron chi connectivity index (χ3n) is 2.63. The van der Waals surface area contributed by atoms with Gasteiger partial charge in [-0.15, -0.1) is 0 Å². The molecule has 0 fully saturated rings. The number of halogens is 3. The van der Waals surface area contributed by atoms with Gasteiger partial charge in [0.25, 0.3) is 10.1 Å². The fourth-order valence-electron chi connectivity index (χ4n) is 1.84. The number of nitrogen functional groups attached to an aromatic ring is 1. The molecular formula is C12H10F3NO4S. The molecule has 2 rings (SSSR count). The van der Waals surface area contributed by atoms with Gasteiger partial charge in [-0.3, -0.25) is 4.55 Å². The zero-order valence-electron chi connectivity index (χ0n) is 10.4. The first-order valence-electron chi connectivity index (χ1n) is 5.57. The largest absolute Gasteiger partial charge is 0.484 e. The summed E-state index contributed by atoms with van der Waals surface area (Å²) in [6, 6.07) is 6.37. The Bertz CT molecular complexity index is 787. The van der Waals surface area contributed by atoms with Crippen LogP contribution in [-0.4, -0.2) is 25.8 Å². The van der Waals surface area contributed by atoms with Crippen molar-refractivity contribution >= 4 is 26.6 Å². The molecule has 3 N–H and O–H groups in total. The lowest BCUT2D eigenvalue weighted by molar-refractivity contribution is -0.153. The molecule has 0 radical (unpaired) electrons. The second-order valence-electron chi connectivity index (χ2n) is 4.25. The summed E-state index contributed by atoms with van der Waals surface area (Å²) in [7, 11) is -4.67. The molecule has 2 aromatic carbocycles. The van der Waals surface area contributed by atoms with E-state index in [0.717, 1.165) is 6.07 Å². The van der Waals surface area contributed by atoms with E-state index in [1.165, 1.54) is 24.3 Å². The zero-order chi connectivity index (χ0) is 15.8. The maximum atomic E-state index is 12.1. The summed E-state index contributed by atoms with van der Waals surface area (Å²) < 4.78 is 72.9. The Labute approximate surface area is 117 Å². The molecule has 9 heteroatoms. The molecule has 2 aromatic rings. The number of ether oxygens (including phenoxy) is 1. The first-order chi connectivity index (χ1) is 9.58. The Balaban J connectivity index is 2.62. The van der Waals surface area contributed by atoms with Crippen molar-refractivity contribution in [3.05, 3.63) is 30.3 Å². The van der Waals surface area contributed by atoms with Crippen LogP contribution in [0.1, 0.15) is 0 Å². The summed E-state index contributed by atoms with van der Waals surface area (Å²) in [5, 5.41) is 0.265. The number of hydrogen-bond donors (Lipinski definition) is 2. The van der Waals surface area contributed by atoms with Crippen molar-refractivity contribution in [2.24, 2.45) is 0 Å². The fourth-order valence-corrected chi connectivity index (χ4v) is 2.60. The normalized spacial score (nSPS) is 12.6. The Kier molecular flexibility index (Phi) is 3.72. The van der Waals surface area contributed by atoms with Gasteiger partial charge in [0.1, 0.15) is 10.6 Å². The van der Waals surface area contributed by atoms with Gasteiger partial charge in [-0.25, -0.2) is 0 Å². The number of rotatable bonds is 3. The van der Waals surface area contributed by atoms with Crippen molar-refractivity contribution in [1.29, 1.82) is 0 Å². The molecule has 0 aliphatic carbocycles. The van der Waals surface area contributed by atoms with E-state index >= 15 is 0 Å². The van der Waals surface area contributed by atoms with Crippen LogP contribution in [0, 0.1) is 0 Å². The van der Waals surface area contributed by atoms with Crippen molar-refractivity contribution in [1.82, 2.24) is 0 Å². The molecule has 0 saturated carbocycles. The molecule has 0 atom stereocenters. The third kappa shape index (κ3) is 3.56. The lowest BCUT2D eigenvalue weighted by Gasteiger charge is -2.12. The minimum Gasteiger partial charge on any atom is -0.484 e. The van der Waals surface area contributed by atoms with Gasteiger partial charge in [0, 0.05) is 17.1 Å².